The molecule has 2 heterocycles. The second kappa shape index (κ2) is 10.9. The van der Waals surface area contributed by atoms with Crippen molar-refractivity contribution >= 4 is 16.9 Å². The molecule has 3 aromatic rings. The summed E-state index contributed by atoms with van der Waals surface area (Å²) in [7, 11) is 4.02. The van der Waals surface area contributed by atoms with Gasteiger partial charge in [0, 0.05) is 6.54 Å². The third kappa shape index (κ3) is 5.02. The molecular formula is C28H34N2O4. The summed E-state index contributed by atoms with van der Waals surface area (Å²) in [5.74, 6) is 0.738. The number of carbonyl (C=O) groups is 1. The van der Waals surface area contributed by atoms with Crippen molar-refractivity contribution in [1.82, 2.24) is 9.80 Å². The number of hydrogen-bond donors (Lipinski definition) is 0. The second-order valence-electron chi connectivity index (χ2n) is 9.21. The number of rotatable bonds is 11. The van der Waals surface area contributed by atoms with Crippen LogP contribution in [0.3, 0.4) is 0 Å². The Labute approximate surface area is 201 Å². The van der Waals surface area contributed by atoms with Crippen molar-refractivity contribution < 1.29 is 13.9 Å². The maximum absolute atomic E-state index is 13.5. The van der Waals surface area contributed by atoms with Crippen LogP contribution in [0.25, 0.3) is 11.0 Å². The van der Waals surface area contributed by atoms with Crippen molar-refractivity contribution in [2.75, 3.05) is 33.8 Å². The van der Waals surface area contributed by atoms with E-state index in [9.17, 15) is 9.59 Å². The summed E-state index contributed by atoms with van der Waals surface area (Å²) in [4.78, 5) is 30.8. The zero-order chi connectivity index (χ0) is 24.1. The van der Waals surface area contributed by atoms with E-state index in [0.29, 0.717) is 29.7 Å². The van der Waals surface area contributed by atoms with Crippen molar-refractivity contribution in [3.05, 3.63) is 75.6 Å². The monoisotopic (exact) mass is 462 g/mol. The zero-order valence-electron chi connectivity index (χ0n) is 20.4. The normalized spacial score (nSPS) is 15.4. The summed E-state index contributed by atoms with van der Waals surface area (Å²) in [5.41, 5.74) is 1.63. The number of nitrogens with zero attached hydrogens (tertiary/aromatic N) is 2. The average Bonchev–Trinajstić information content (AvgIpc) is 3.11. The first-order valence-electron chi connectivity index (χ1n) is 12.3. The Morgan fingerprint density at radius 3 is 2.47 bits per heavy atom. The molecule has 0 aliphatic carbocycles. The Bertz CT molecular complexity index is 1180. The Morgan fingerprint density at radius 2 is 1.74 bits per heavy atom. The molecule has 2 aromatic carbocycles. The van der Waals surface area contributed by atoms with Crippen LogP contribution >= 0.6 is 0 Å². The molecule has 1 aromatic heterocycles. The summed E-state index contributed by atoms with van der Waals surface area (Å²) in [5, 5.41) is 0.501. The fraction of sp³-hybridized carbons (Fsp3) is 0.429. The smallest absolute Gasteiger partial charge is 0.290 e. The number of fused-ring (bicyclic) bond motifs is 2. The van der Waals surface area contributed by atoms with E-state index < -0.39 is 6.04 Å². The molecule has 0 fully saturated rings. The molecule has 34 heavy (non-hydrogen) atoms. The van der Waals surface area contributed by atoms with Gasteiger partial charge in [-0.25, -0.2) is 0 Å². The lowest BCUT2D eigenvalue weighted by atomic mass is 9.98. The highest BCUT2D eigenvalue weighted by atomic mass is 16.5. The molecule has 0 bridgehead atoms. The molecular weight excluding hydrogens is 428 g/mol. The molecule has 180 valence electrons. The SMILES string of the molecule is CCCCCCOc1ccc(C2c3c(oc4ccccc4c3=O)C(=O)N2CCCN(C)C)cc1. The van der Waals surface area contributed by atoms with Crippen molar-refractivity contribution in [3.8, 4) is 5.75 Å². The lowest BCUT2D eigenvalue weighted by Crippen LogP contribution is -2.32. The fourth-order valence-corrected chi connectivity index (χ4v) is 4.57. The molecule has 6 nitrogen and oxygen atoms in total. The van der Waals surface area contributed by atoms with E-state index >= 15 is 0 Å². The highest BCUT2D eigenvalue weighted by Crippen LogP contribution is 2.38. The first kappa shape index (κ1) is 24.0. The summed E-state index contributed by atoms with van der Waals surface area (Å²) in [6.45, 7) is 4.27. The molecule has 1 aliphatic rings. The molecule has 0 N–H and O–H groups in total. The largest absolute Gasteiger partial charge is 0.494 e. The van der Waals surface area contributed by atoms with Gasteiger partial charge in [-0.05, 0) is 63.3 Å². The minimum Gasteiger partial charge on any atom is -0.494 e. The Balaban J connectivity index is 1.65. The van der Waals surface area contributed by atoms with Crippen LogP contribution in [-0.2, 0) is 0 Å². The summed E-state index contributed by atoms with van der Waals surface area (Å²) in [6.07, 6.45) is 5.42. The number of benzene rings is 2. The quantitative estimate of drug-likeness (QED) is 0.364. The van der Waals surface area contributed by atoms with Crippen LogP contribution in [0.5, 0.6) is 5.75 Å². The Hall–Kier alpha value is -3.12. The van der Waals surface area contributed by atoms with E-state index in [1.165, 1.54) is 19.3 Å². The van der Waals surface area contributed by atoms with E-state index in [1.54, 1.807) is 17.0 Å². The molecule has 6 heteroatoms. The van der Waals surface area contributed by atoms with Gasteiger partial charge in [0.1, 0.15) is 11.3 Å². The number of hydrogen-bond acceptors (Lipinski definition) is 5. The maximum Gasteiger partial charge on any atom is 0.290 e. The molecule has 4 rings (SSSR count). The van der Waals surface area contributed by atoms with E-state index in [1.807, 2.05) is 50.5 Å². The van der Waals surface area contributed by atoms with Gasteiger partial charge in [0.05, 0.1) is 23.6 Å². The Kier molecular flexibility index (Phi) is 7.68. The van der Waals surface area contributed by atoms with Gasteiger partial charge in [0.2, 0.25) is 5.76 Å². The zero-order valence-corrected chi connectivity index (χ0v) is 20.4. The van der Waals surface area contributed by atoms with Gasteiger partial charge in [-0.1, -0.05) is 50.5 Å². The highest BCUT2D eigenvalue weighted by molar-refractivity contribution is 5.99. The number of ether oxygens (including phenoxy) is 1. The van der Waals surface area contributed by atoms with Gasteiger partial charge >= 0.3 is 0 Å². The first-order chi connectivity index (χ1) is 16.5. The standard InChI is InChI=1S/C28H34N2O4/c1-4-5-6-9-19-33-21-15-13-20(14-16-21)25-24-26(31)22-11-7-8-12-23(22)34-27(24)28(32)30(25)18-10-17-29(2)3/h7-8,11-16,25H,4-6,9-10,17-19H2,1-3H3. The lowest BCUT2D eigenvalue weighted by molar-refractivity contribution is 0.0722. The van der Waals surface area contributed by atoms with E-state index in [-0.39, 0.29) is 17.1 Å². The van der Waals surface area contributed by atoms with Crippen LogP contribution < -0.4 is 10.2 Å². The topological polar surface area (TPSA) is 63.0 Å². The van der Waals surface area contributed by atoms with Crippen molar-refractivity contribution in [3.63, 3.8) is 0 Å². The average molecular weight is 463 g/mol. The molecule has 0 radical (unpaired) electrons. The molecule has 1 aliphatic heterocycles. The number of unbranched alkanes of at least 4 members (excludes halogenated alkanes) is 3. The van der Waals surface area contributed by atoms with Crippen LogP contribution in [0, 0.1) is 0 Å². The fourth-order valence-electron chi connectivity index (χ4n) is 4.57. The van der Waals surface area contributed by atoms with E-state index in [2.05, 4.69) is 11.8 Å². The van der Waals surface area contributed by atoms with Gasteiger partial charge in [0.15, 0.2) is 5.43 Å². The number of para-hydroxylation sites is 1. The van der Waals surface area contributed by atoms with Crippen LogP contribution in [0.4, 0.5) is 0 Å². The molecule has 1 atom stereocenters. The number of carbonyl (C=O) groups excluding carboxylic acids is 1. The van der Waals surface area contributed by atoms with Crippen LogP contribution in [-0.4, -0.2) is 49.5 Å². The highest BCUT2D eigenvalue weighted by Gasteiger charge is 2.42. The predicted octanol–water partition coefficient (Wildman–Crippen LogP) is 5.25. The minimum atomic E-state index is -0.468. The van der Waals surface area contributed by atoms with Gasteiger partial charge in [-0.15, -0.1) is 0 Å². The molecule has 0 saturated carbocycles. The van der Waals surface area contributed by atoms with Crippen molar-refractivity contribution in [2.45, 2.75) is 45.1 Å². The van der Waals surface area contributed by atoms with Gasteiger partial charge in [-0.2, -0.15) is 0 Å². The predicted molar refractivity (Wildman–Crippen MR) is 135 cm³/mol. The number of amides is 1. The third-order valence-corrected chi connectivity index (χ3v) is 6.34. The van der Waals surface area contributed by atoms with E-state index in [4.69, 9.17) is 9.15 Å². The molecule has 1 unspecified atom stereocenters. The minimum absolute atomic E-state index is 0.137. The third-order valence-electron chi connectivity index (χ3n) is 6.34. The summed E-state index contributed by atoms with van der Waals surface area (Å²) >= 11 is 0. The second-order valence-corrected chi connectivity index (χ2v) is 9.21. The first-order valence-corrected chi connectivity index (χ1v) is 12.3. The summed E-state index contributed by atoms with van der Waals surface area (Å²) in [6, 6.07) is 14.4. The lowest BCUT2D eigenvalue weighted by Gasteiger charge is -2.26. The van der Waals surface area contributed by atoms with E-state index in [0.717, 1.165) is 30.7 Å². The Morgan fingerprint density at radius 1 is 0.971 bits per heavy atom. The van der Waals surface area contributed by atoms with Gasteiger partial charge < -0.3 is 19.0 Å². The van der Waals surface area contributed by atoms with Crippen LogP contribution in [0.1, 0.15) is 66.8 Å². The molecule has 0 spiro atoms. The summed E-state index contributed by atoms with van der Waals surface area (Å²) < 4.78 is 11.9. The van der Waals surface area contributed by atoms with Crippen molar-refractivity contribution in [2.24, 2.45) is 0 Å². The van der Waals surface area contributed by atoms with Crippen LogP contribution in [0.15, 0.2) is 57.7 Å². The van der Waals surface area contributed by atoms with Gasteiger partial charge in [0.25, 0.3) is 5.91 Å². The van der Waals surface area contributed by atoms with Crippen molar-refractivity contribution in [1.29, 1.82) is 0 Å². The van der Waals surface area contributed by atoms with Gasteiger partial charge in [-0.3, -0.25) is 9.59 Å². The molecule has 0 saturated heterocycles. The maximum atomic E-state index is 13.5. The van der Waals surface area contributed by atoms with Crippen LogP contribution in [0.2, 0.25) is 0 Å². The molecule has 1 amide bonds.